The van der Waals surface area contributed by atoms with Crippen LogP contribution in [0.1, 0.15) is 5.56 Å². The molecule has 30 heavy (non-hydrogen) atoms. The average molecular weight is 421 g/mol. The normalized spacial score (nSPS) is 10.6. The van der Waals surface area contributed by atoms with E-state index < -0.39 is 4.92 Å². The molecule has 9 nitrogen and oxygen atoms in total. The first-order chi connectivity index (χ1) is 14.5. The van der Waals surface area contributed by atoms with E-state index in [9.17, 15) is 15.4 Å². The minimum absolute atomic E-state index is 0.0865. The van der Waals surface area contributed by atoms with Crippen LogP contribution in [0.2, 0.25) is 5.02 Å². The van der Waals surface area contributed by atoms with Crippen LogP contribution in [-0.2, 0) is 0 Å². The number of nitro benzene ring substituents is 1. The maximum atomic E-state index is 11.6. The lowest BCUT2D eigenvalue weighted by molar-refractivity contribution is -0.384. The molecule has 2 aromatic carbocycles. The molecule has 4 aromatic rings. The molecule has 0 saturated carbocycles. The lowest BCUT2D eigenvalue weighted by Gasteiger charge is -2.14. The zero-order chi connectivity index (χ0) is 21.3. The minimum atomic E-state index is -0.555. The number of rotatable bonds is 5. The molecule has 0 aliphatic heterocycles. The second-order valence-electron chi connectivity index (χ2n) is 6.19. The second kappa shape index (κ2) is 7.69. The van der Waals surface area contributed by atoms with Crippen molar-refractivity contribution in [3.05, 3.63) is 76.0 Å². The summed E-state index contributed by atoms with van der Waals surface area (Å²) in [5.74, 6) is 0.0865. The lowest BCUT2D eigenvalue weighted by atomic mass is 10.1. The first-order valence-corrected chi connectivity index (χ1v) is 9.00. The SMILES string of the molecule is COc1ccc2c(Nc3ccc(-n4ccnc4)c(Cl)c3)c(C#N)cnc2c1[N+](=O)[O-]. The molecule has 4 rings (SSSR count). The molecule has 0 aliphatic carbocycles. The van der Waals surface area contributed by atoms with Gasteiger partial charge in [-0.25, -0.2) is 9.97 Å². The average Bonchev–Trinajstić information content (AvgIpc) is 3.27. The molecule has 0 radical (unpaired) electrons. The Labute approximate surface area is 175 Å². The first kappa shape index (κ1) is 19.2. The highest BCUT2D eigenvalue weighted by Gasteiger charge is 2.23. The summed E-state index contributed by atoms with van der Waals surface area (Å²) in [6.45, 7) is 0. The summed E-state index contributed by atoms with van der Waals surface area (Å²) in [4.78, 5) is 19.2. The number of pyridine rings is 1. The van der Waals surface area contributed by atoms with E-state index in [1.807, 2.05) is 0 Å². The number of benzene rings is 2. The molecule has 0 saturated heterocycles. The smallest absolute Gasteiger partial charge is 0.336 e. The number of aromatic nitrogens is 3. The molecule has 0 aliphatic rings. The van der Waals surface area contributed by atoms with Crippen molar-refractivity contribution in [3.63, 3.8) is 0 Å². The molecular weight excluding hydrogens is 408 g/mol. The Morgan fingerprint density at radius 3 is 2.80 bits per heavy atom. The van der Waals surface area contributed by atoms with Crippen LogP contribution in [0.4, 0.5) is 17.1 Å². The van der Waals surface area contributed by atoms with Gasteiger partial charge in [0.1, 0.15) is 6.07 Å². The largest absolute Gasteiger partial charge is 0.490 e. The van der Waals surface area contributed by atoms with E-state index in [4.69, 9.17) is 16.3 Å². The fourth-order valence-electron chi connectivity index (χ4n) is 3.13. The Kier molecular flexibility index (Phi) is 4.92. The standard InChI is InChI=1S/C20H13ClN6O3/c1-30-17-5-3-14-18(12(9-22)10-24-19(14)20(17)27(28)29)25-13-2-4-16(15(21)8-13)26-7-6-23-11-26/h2-8,10-11H,1H3,(H,24,25). The van der Waals surface area contributed by atoms with Gasteiger partial charge in [0.25, 0.3) is 0 Å². The molecule has 0 bridgehead atoms. The summed E-state index contributed by atoms with van der Waals surface area (Å²) < 4.78 is 6.87. The molecule has 0 unspecified atom stereocenters. The van der Waals surface area contributed by atoms with Gasteiger partial charge in [0.15, 0.2) is 11.3 Å². The minimum Gasteiger partial charge on any atom is -0.490 e. The number of fused-ring (bicyclic) bond motifs is 1. The predicted molar refractivity (Wildman–Crippen MR) is 112 cm³/mol. The molecule has 10 heteroatoms. The number of hydrogen-bond donors (Lipinski definition) is 1. The summed E-state index contributed by atoms with van der Waals surface area (Å²) in [5.41, 5.74) is 1.81. The van der Waals surface area contributed by atoms with Gasteiger partial charge in [-0.3, -0.25) is 10.1 Å². The van der Waals surface area contributed by atoms with Crippen molar-refractivity contribution < 1.29 is 9.66 Å². The number of ether oxygens (including phenoxy) is 1. The van der Waals surface area contributed by atoms with Gasteiger partial charge in [-0.15, -0.1) is 0 Å². The summed E-state index contributed by atoms with van der Waals surface area (Å²) >= 11 is 6.41. The number of halogens is 1. The zero-order valence-corrected chi connectivity index (χ0v) is 16.3. The molecule has 0 spiro atoms. The van der Waals surface area contributed by atoms with Crippen molar-refractivity contribution in [2.24, 2.45) is 0 Å². The molecule has 2 aromatic heterocycles. The van der Waals surface area contributed by atoms with Crippen molar-refractivity contribution in [3.8, 4) is 17.5 Å². The Bertz CT molecular complexity index is 1310. The Balaban J connectivity index is 1.84. The number of methoxy groups -OCH3 is 1. The van der Waals surface area contributed by atoms with Crippen LogP contribution in [0.3, 0.4) is 0 Å². The first-order valence-electron chi connectivity index (χ1n) is 8.62. The maximum absolute atomic E-state index is 11.6. The molecule has 0 fully saturated rings. The summed E-state index contributed by atoms with van der Waals surface area (Å²) in [6, 6.07) is 10.4. The summed E-state index contributed by atoms with van der Waals surface area (Å²) in [6.07, 6.45) is 6.33. The van der Waals surface area contributed by atoms with E-state index in [0.717, 1.165) is 5.69 Å². The highest BCUT2D eigenvalue weighted by atomic mass is 35.5. The maximum Gasteiger partial charge on any atom is 0.336 e. The van der Waals surface area contributed by atoms with Crippen LogP contribution < -0.4 is 10.1 Å². The topological polar surface area (TPSA) is 119 Å². The van der Waals surface area contributed by atoms with Crippen LogP contribution in [0, 0.1) is 21.4 Å². The number of anilines is 2. The van der Waals surface area contributed by atoms with Gasteiger partial charge in [-0.05, 0) is 30.3 Å². The van der Waals surface area contributed by atoms with Gasteiger partial charge in [0, 0.05) is 29.7 Å². The van der Waals surface area contributed by atoms with Crippen molar-refractivity contribution in [2.45, 2.75) is 0 Å². The molecule has 2 heterocycles. The van der Waals surface area contributed by atoms with Crippen molar-refractivity contribution in [1.82, 2.24) is 14.5 Å². The monoisotopic (exact) mass is 420 g/mol. The van der Waals surface area contributed by atoms with Crippen LogP contribution >= 0.6 is 11.6 Å². The number of nitrogens with zero attached hydrogens (tertiary/aromatic N) is 5. The summed E-state index contributed by atoms with van der Waals surface area (Å²) in [5, 5.41) is 25.1. The van der Waals surface area contributed by atoms with Crippen LogP contribution in [0.25, 0.3) is 16.6 Å². The van der Waals surface area contributed by atoms with Crippen LogP contribution in [-0.4, -0.2) is 26.6 Å². The Hall–Kier alpha value is -4.16. The van der Waals surface area contributed by atoms with Gasteiger partial charge < -0.3 is 14.6 Å². The van der Waals surface area contributed by atoms with E-state index in [-0.39, 0.29) is 22.5 Å². The van der Waals surface area contributed by atoms with Crippen molar-refractivity contribution >= 4 is 39.6 Å². The van der Waals surface area contributed by atoms with Gasteiger partial charge in [0.05, 0.1) is 40.3 Å². The molecule has 1 N–H and O–H groups in total. The molecular formula is C20H13ClN6O3. The Morgan fingerprint density at radius 2 is 2.17 bits per heavy atom. The number of nitro groups is 1. The van der Waals surface area contributed by atoms with Crippen molar-refractivity contribution in [2.75, 3.05) is 12.4 Å². The number of imidazole rings is 1. The number of nitriles is 1. The third kappa shape index (κ3) is 3.25. The van der Waals surface area contributed by atoms with Gasteiger partial charge in [-0.1, -0.05) is 11.6 Å². The molecule has 148 valence electrons. The fraction of sp³-hybridized carbons (Fsp3) is 0.0500. The quantitative estimate of drug-likeness (QED) is 0.370. The highest BCUT2D eigenvalue weighted by Crippen LogP contribution is 2.39. The van der Waals surface area contributed by atoms with Gasteiger partial charge in [0.2, 0.25) is 0 Å². The highest BCUT2D eigenvalue weighted by molar-refractivity contribution is 6.32. The van der Waals surface area contributed by atoms with E-state index in [1.165, 1.54) is 19.4 Å². The molecule has 0 amide bonds. The lowest BCUT2D eigenvalue weighted by Crippen LogP contribution is -2.01. The third-order valence-corrected chi connectivity index (χ3v) is 4.80. The zero-order valence-electron chi connectivity index (χ0n) is 15.5. The van der Waals surface area contributed by atoms with E-state index in [0.29, 0.717) is 21.8 Å². The fourth-order valence-corrected chi connectivity index (χ4v) is 3.41. The van der Waals surface area contributed by atoms with Crippen LogP contribution in [0.5, 0.6) is 5.75 Å². The van der Waals surface area contributed by atoms with Gasteiger partial charge in [-0.2, -0.15) is 5.26 Å². The summed E-state index contributed by atoms with van der Waals surface area (Å²) in [7, 11) is 1.35. The van der Waals surface area contributed by atoms with Crippen molar-refractivity contribution in [1.29, 1.82) is 5.26 Å². The number of nitrogens with one attached hydrogen (secondary N) is 1. The van der Waals surface area contributed by atoms with E-state index in [1.54, 1.807) is 47.6 Å². The molecule has 0 atom stereocenters. The Morgan fingerprint density at radius 1 is 1.33 bits per heavy atom. The van der Waals surface area contributed by atoms with Gasteiger partial charge >= 0.3 is 5.69 Å². The van der Waals surface area contributed by atoms with E-state index in [2.05, 4.69) is 21.4 Å². The van der Waals surface area contributed by atoms with E-state index >= 15 is 0 Å². The second-order valence-corrected chi connectivity index (χ2v) is 6.60. The van der Waals surface area contributed by atoms with Crippen LogP contribution in [0.15, 0.2) is 55.2 Å². The predicted octanol–water partition coefficient (Wildman–Crippen LogP) is 4.61. The number of hydrogen-bond acceptors (Lipinski definition) is 7. The third-order valence-electron chi connectivity index (χ3n) is 4.50.